The number of nitrogens with zero attached hydrogens (tertiary/aromatic N) is 3. The number of piperidine rings is 1. The van der Waals surface area contributed by atoms with Crippen molar-refractivity contribution in [1.29, 1.82) is 0 Å². The molecule has 3 rings (SSSR count). The molecule has 0 atom stereocenters. The number of likely N-dealkylation sites (tertiary alicyclic amines) is 1. The van der Waals surface area contributed by atoms with Crippen molar-refractivity contribution in [3.63, 3.8) is 0 Å². The van der Waals surface area contributed by atoms with Gasteiger partial charge < -0.3 is 14.2 Å². The summed E-state index contributed by atoms with van der Waals surface area (Å²) in [5, 5.41) is 7.68. The molecule has 0 aliphatic carbocycles. The molecule has 6 nitrogen and oxygen atoms in total. The van der Waals surface area contributed by atoms with Gasteiger partial charge in [-0.15, -0.1) is 0 Å². The average molecular weight is 367 g/mol. The van der Waals surface area contributed by atoms with Crippen LogP contribution in [0.25, 0.3) is 0 Å². The lowest BCUT2D eigenvalue weighted by atomic mass is 9.95. The maximum Gasteiger partial charge on any atom is 0.257 e. The molecule has 2 aromatic rings. The van der Waals surface area contributed by atoms with Gasteiger partial charge in [0.15, 0.2) is 4.77 Å². The van der Waals surface area contributed by atoms with Crippen LogP contribution in [0.15, 0.2) is 18.2 Å². The van der Waals surface area contributed by atoms with E-state index in [1.165, 1.54) is 0 Å². The summed E-state index contributed by atoms with van der Waals surface area (Å²) >= 11 is 11.1. The average Bonchev–Trinajstić information content (AvgIpc) is 2.93. The molecule has 1 aromatic heterocycles. The number of hydrogen-bond acceptors (Lipinski definition) is 4. The smallest absolute Gasteiger partial charge is 0.257 e. The number of halogens is 1. The molecule has 8 heteroatoms. The Labute approximate surface area is 150 Å². The lowest BCUT2D eigenvalue weighted by Gasteiger charge is -2.31. The van der Waals surface area contributed by atoms with E-state index in [2.05, 4.69) is 10.2 Å². The fraction of sp³-hybridized carbons (Fsp3) is 0.438. The first kappa shape index (κ1) is 17.0. The van der Waals surface area contributed by atoms with Crippen molar-refractivity contribution in [2.24, 2.45) is 7.05 Å². The molecule has 1 aliphatic heterocycles. The van der Waals surface area contributed by atoms with Gasteiger partial charge in [0, 0.05) is 31.1 Å². The topological polar surface area (TPSA) is 63.1 Å². The number of aromatic nitrogens is 3. The molecule has 0 unspecified atom stereocenters. The fourth-order valence-electron chi connectivity index (χ4n) is 3.08. The summed E-state index contributed by atoms with van der Waals surface area (Å²) in [5.74, 6) is 1.73. The Hall–Kier alpha value is -1.86. The maximum atomic E-state index is 12.8. The predicted octanol–water partition coefficient (Wildman–Crippen LogP) is 3.16. The second-order valence-corrected chi connectivity index (χ2v) is 6.68. The predicted molar refractivity (Wildman–Crippen MR) is 94.3 cm³/mol. The first-order chi connectivity index (χ1) is 11.5. The van der Waals surface area contributed by atoms with Gasteiger partial charge in [-0.1, -0.05) is 11.6 Å². The van der Waals surface area contributed by atoms with Gasteiger partial charge in [0.2, 0.25) is 0 Å². The summed E-state index contributed by atoms with van der Waals surface area (Å²) in [7, 11) is 3.45. The minimum atomic E-state index is -0.0303. The van der Waals surface area contributed by atoms with E-state index >= 15 is 0 Å². The molecular weight excluding hydrogens is 348 g/mol. The van der Waals surface area contributed by atoms with Gasteiger partial charge in [-0.05, 0) is 43.3 Å². The van der Waals surface area contributed by atoms with Crippen LogP contribution < -0.4 is 4.74 Å². The van der Waals surface area contributed by atoms with Crippen molar-refractivity contribution in [2.45, 2.75) is 18.8 Å². The summed E-state index contributed by atoms with van der Waals surface area (Å²) in [5.41, 5.74) is 0.540. The largest absolute Gasteiger partial charge is 0.496 e. The van der Waals surface area contributed by atoms with Crippen LogP contribution in [0.5, 0.6) is 5.75 Å². The number of aromatic amines is 1. The van der Waals surface area contributed by atoms with E-state index in [1.807, 2.05) is 16.5 Å². The number of carbonyl (C=O) groups excluding carboxylic acids is 1. The highest BCUT2D eigenvalue weighted by molar-refractivity contribution is 7.71. The third kappa shape index (κ3) is 3.18. The van der Waals surface area contributed by atoms with Crippen LogP contribution in [0.3, 0.4) is 0 Å². The SMILES string of the molecule is COc1cc(Cl)ccc1C(=O)N1CCC(c2n[nH]c(=S)n2C)CC1. The van der Waals surface area contributed by atoms with E-state index in [1.54, 1.807) is 25.3 Å². The molecule has 1 aliphatic rings. The Bertz CT molecular complexity index is 809. The Balaban J connectivity index is 1.72. The van der Waals surface area contributed by atoms with Crippen molar-refractivity contribution in [3.05, 3.63) is 39.4 Å². The number of benzene rings is 1. The lowest BCUT2D eigenvalue weighted by molar-refractivity contribution is 0.0707. The fourth-order valence-corrected chi connectivity index (χ4v) is 3.38. The zero-order chi connectivity index (χ0) is 17.3. The van der Waals surface area contributed by atoms with E-state index in [0.717, 1.165) is 18.7 Å². The summed E-state index contributed by atoms with van der Waals surface area (Å²) in [4.78, 5) is 14.6. The number of methoxy groups -OCH3 is 1. The molecule has 1 saturated heterocycles. The Morgan fingerprint density at radius 3 is 2.71 bits per heavy atom. The van der Waals surface area contributed by atoms with E-state index in [-0.39, 0.29) is 5.91 Å². The second kappa shape index (κ2) is 6.94. The number of H-pyrrole nitrogens is 1. The Morgan fingerprint density at radius 2 is 2.12 bits per heavy atom. The first-order valence-corrected chi connectivity index (χ1v) is 8.54. The molecule has 1 fully saturated rings. The maximum absolute atomic E-state index is 12.8. The number of ether oxygens (including phenoxy) is 1. The van der Waals surface area contributed by atoms with E-state index in [0.29, 0.717) is 40.1 Å². The molecule has 0 saturated carbocycles. The Morgan fingerprint density at radius 1 is 1.42 bits per heavy atom. The molecule has 0 bridgehead atoms. The summed E-state index contributed by atoms with van der Waals surface area (Å²) in [6, 6.07) is 5.09. The quantitative estimate of drug-likeness (QED) is 0.847. The highest BCUT2D eigenvalue weighted by atomic mass is 35.5. The van der Waals surface area contributed by atoms with Gasteiger partial charge >= 0.3 is 0 Å². The molecule has 1 N–H and O–H groups in total. The lowest BCUT2D eigenvalue weighted by Crippen LogP contribution is -2.38. The van der Waals surface area contributed by atoms with Crippen molar-refractivity contribution in [1.82, 2.24) is 19.7 Å². The number of rotatable bonds is 3. The van der Waals surface area contributed by atoms with Gasteiger partial charge in [-0.3, -0.25) is 9.89 Å². The number of amides is 1. The van der Waals surface area contributed by atoms with Crippen LogP contribution in [-0.2, 0) is 7.05 Å². The monoisotopic (exact) mass is 366 g/mol. The van der Waals surface area contributed by atoms with Crippen LogP contribution in [0.2, 0.25) is 5.02 Å². The molecule has 0 spiro atoms. The van der Waals surface area contributed by atoms with Crippen molar-refractivity contribution < 1.29 is 9.53 Å². The molecule has 1 amide bonds. The van der Waals surface area contributed by atoms with Gasteiger partial charge in [0.25, 0.3) is 5.91 Å². The van der Waals surface area contributed by atoms with Crippen molar-refractivity contribution in [3.8, 4) is 5.75 Å². The van der Waals surface area contributed by atoms with Gasteiger partial charge in [0.1, 0.15) is 11.6 Å². The standard InChI is InChI=1S/C16H19ClN4O2S/c1-20-14(18-19-16(20)24)10-5-7-21(8-6-10)15(22)12-4-3-11(17)9-13(12)23-2/h3-4,9-10H,5-8H2,1-2H3,(H,19,24). The van der Waals surface area contributed by atoms with Crippen LogP contribution in [-0.4, -0.2) is 45.8 Å². The van der Waals surface area contributed by atoms with Crippen LogP contribution >= 0.6 is 23.8 Å². The summed E-state index contributed by atoms with van der Waals surface area (Å²) in [6.07, 6.45) is 1.71. The van der Waals surface area contributed by atoms with Gasteiger partial charge in [-0.2, -0.15) is 5.10 Å². The summed E-state index contributed by atoms with van der Waals surface area (Å²) in [6.45, 7) is 1.35. The van der Waals surface area contributed by atoms with E-state index in [9.17, 15) is 4.79 Å². The van der Waals surface area contributed by atoms with E-state index in [4.69, 9.17) is 28.6 Å². The Kier molecular flexibility index (Phi) is 4.91. The molecule has 2 heterocycles. The highest BCUT2D eigenvalue weighted by Crippen LogP contribution is 2.29. The summed E-state index contributed by atoms with van der Waals surface area (Å²) < 4.78 is 7.81. The number of nitrogens with one attached hydrogen (secondary N) is 1. The van der Waals surface area contributed by atoms with Crippen molar-refractivity contribution in [2.75, 3.05) is 20.2 Å². The van der Waals surface area contributed by atoms with E-state index < -0.39 is 0 Å². The molecule has 24 heavy (non-hydrogen) atoms. The molecule has 128 valence electrons. The van der Waals surface area contributed by atoms with Gasteiger partial charge in [0.05, 0.1) is 12.7 Å². The molecule has 1 aromatic carbocycles. The van der Waals surface area contributed by atoms with Crippen LogP contribution in [0.4, 0.5) is 0 Å². The normalized spacial score (nSPS) is 15.5. The zero-order valence-corrected chi connectivity index (χ0v) is 15.2. The second-order valence-electron chi connectivity index (χ2n) is 5.86. The van der Waals surface area contributed by atoms with Crippen molar-refractivity contribution >= 4 is 29.7 Å². The minimum absolute atomic E-state index is 0.0303. The third-order valence-electron chi connectivity index (χ3n) is 4.46. The zero-order valence-electron chi connectivity index (χ0n) is 13.6. The number of carbonyl (C=O) groups is 1. The molecule has 0 radical (unpaired) electrons. The van der Waals surface area contributed by atoms with Crippen LogP contribution in [0, 0.1) is 4.77 Å². The molecular formula is C16H19ClN4O2S. The first-order valence-electron chi connectivity index (χ1n) is 7.75. The highest BCUT2D eigenvalue weighted by Gasteiger charge is 2.28. The third-order valence-corrected chi connectivity index (χ3v) is 5.06. The van der Waals surface area contributed by atoms with Crippen LogP contribution in [0.1, 0.15) is 34.9 Å². The minimum Gasteiger partial charge on any atom is -0.496 e. The number of hydrogen-bond donors (Lipinski definition) is 1. The van der Waals surface area contributed by atoms with Gasteiger partial charge in [-0.25, -0.2) is 0 Å².